The third kappa shape index (κ3) is 5.12. The van der Waals surface area contributed by atoms with Crippen molar-refractivity contribution in [2.45, 2.75) is 90.0 Å². The molecular weight excluding hydrogens is 436 g/mol. The van der Waals surface area contributed by atoms with E-state index >= 15 is 0 Å². The Kier molecular flexibility index (Phi) is 6.33. The molecule has 2 aliphatic carbocycles. The highest BCUT2D eigenvalue weighted by atomic mass is 16.5. The van der Waals surface area contributed by atoms with E-state index in [1.807, 2.05) is 6.20 Å². The van der Waals surface area contributed by atoms with Crippen LogP contribution in [0, 0.1) is 10.8 Å². The van der Waals surface area contributed by atoms with Crippen LogP contribution in [-0.2, 0) is 11.2 Å². The second-order valence-electron chi connectivity index (χ2n) is 12.2. The highest BCUT2D eigenvalue weighted by molar-refractivity contribution is 5.44. The van der Waals surface area contributed by atoms with Gasteiger partial charge in [-0.1, -0.05) is 13.8 Å². The summed E-state index contributed by atoms with van der Waals surface area (Å²) in [5.74, 6) is 1.53. The number of piperidine rings is 1. The van der Waals surface area contributed by atoms with Crippen LogP contribution in [0.25, 0.3) is 5.69 Å². The molecule has 7 heteroatoms. The van der Waals surface area contributed by atoms with Crippen LogP contribution in [0.3, 0.4) is 0 Å². The molecule has 0 amide bonds. The van der Waals surface area contributed by atoms with Gasteiger partial charge in [-0.05, 0) is 94.2 Å². The topological polar surface area (TPSA) is 68.1 Å². The maximum absolute atomic E-state index is 5.72. The lowest BCUT2D eigenvalue weighted by Crippen LogP contribution is -2.46. The molecule has 0 unspecified atom stereocenters. The minimum absolute atomic E-state index is 0.424. The Morgan fingerprint density at radius 1 is 1.06 bits per heavy atom. The number of hydrogen-bond donors (Lipinski definition) is 1. The zero-order chi connectivity index (χ0) is 23.9. The molecule has 0 radical (unpaired) electrons. The van der Waals surface area contributed by atoms with E-state index in [0.717, 1.165) is 36.8 Å². The second kappa shape index (κ2) is 9.47. The van der Waals surface area contributed by atoms with Crippen molar-refractivity contribution in [2.24, 2.45) is 10.8 Å². The zero-order valence-electron chi connectivity index (χ0n) is 21.6. The van der Waals surface area contributed by atoms with Gasteiger partial charge < -0.3 is 15.0 Å². The molecule has 0 atom stereocenters. The first-order valence-electron chi connectivity index (χ1n) is 14.0. The van der Waals surface area contributed by atoms with Crippen LogP contribution >= 0.6 is 0 Å². The van der Waals surface area contributed by atoms with E-state index in [1.165, 1.54) is 83.1 Å². The summed E-state index contributed by atoms with van der Waals surface area (Å²) in [4.78, 5) is 2.73. The van der Waals surface area contributed by atoms with Gasteiger partial charge in [-0.25, -0.2) is 4.68 Å². The quantitative estimate of drug-likeness (QED) is 0.606. The smallest absolute Gasteiger partial charge is 0.151 e. The molecule has 190 valence electrons. The number of nitrogens with one attached hydrogen (secondary N) is 1. The molecule has 35 heavy (non-hydrogen) atoms. The van der Waals surface area contributed by atoms with E-state index in [9.17, 15) is 0 Å². The van der Waals surface area contributed by atoms with E-state index in [0.29, 0.717) is 22.8 Å². The van der Waals surface area contributed by atoms with Crippen molar-refractivity contribution in [1.29, 1.82) is 0 Å². The highest BCUT2D eigenvalue weighted by Crippen LogP contribution is 2.43. The number of anilines is 1. The number of hydrogen-bond acceptors (Lipinski definition) is 6. The number of aryl methyl sites for hydroxylation is 1. The van der Waals surface area contributed by atoms with Crippen molar-refractivity contribution in [3.05, 3.63) is 29.7 Å². The van der Waals surface area contributed by atoms with Crippen molar-refractivity contribution in [3.8, 4) is 5.69 Å². The van der Waals surface area contributed by atoms with Crippen LogP contribution in [0.4, 0.5) is 5.82 Å². The van der Waals surface area contributed by atoms with E-state index in [2.05, 4.69) is 51.1 Å². The van der Waals surface area contributed by atoms with Gasteiger partial charge in [0.15, 0.2) is 5.82 Å². The predicted octanol–water partition coefficient (Wildman–Crippen LogP) is 4.97. The fraction of sp³-hybridized carbons (Fsp3) is 0.750. The Morgan fingerprint density at radius 2 is 1.86 bits per heavy atom. The van der Waals surface area contributed by atoms with Crippen LogP contribution in [-0.4, -0.2) is 63.8 Å². The Balaban J connectivity index is 1.04. The molecular formula is C28H42N6O. The average Bonchev–Trinajstić information content (AvgIpc) is 3.46. The summed E-state index contributed by atoms with van der Waals surface area (Å²) in [6.07, 6.45) is 14.2. The molecule has 4 aliphatic rings. The summed E-state index contributed by atoms with van der Waals surface area (Å²) >= 11 is 0. The number of likely N-dealkylation sites (tertiary alicyclic amines) is 1. The summed E-state index contributed by atoms with van der Waals surface area (Å²) in [6, 6.07) is 4.88. The van der Waals surface area contributed by atoms with Gasteiger partial charge in [0.2, 0.25) is 0 Å². The van der Waals surface area contributed by atoms with Crippen LogP contribution in [0.1, 0.15) is 88.9 Å². The molecule has 0 aromatic carbocycles. The predicted molar refractivity (Wildman–Crippen MR) is 138 cm³/mol. The molecule has 6 rings (SSSR count). The minimum Gasteiger partial charge on any atom is -0.381 e. The van der Waals surface area contributed by atoms with Crippen LogP contribution in [0.5, 0.6) is 0 Å². The Bertz CT molecular complexity index is 1010. The van der Waals surface area contributed by atoms with Gasteiger partial charge in [-0.3, -0.25) is 0 Å². The largest absolute Gasteiger partial charge is 0.381 e. The van der Waals surface area contributed by atoms with E-state index in [1.54, 1.807) is 0 Å². The summed E-state index contributed by atoms with van der Waals surface area (Å²) < 4.78 is 7.83. The van der Waals surface area contributed by atoms with Gasteiger partial charge >= 0.3 is 0 Å². The lowest BCUT2D eigenvalue weighted by molar-refractivity contribution is 0.0461. The van der Waals surface area contributed by atoms with Crippen molar-refractivity contribution >= 4 is 5.82 Å². The maximum Gasteiger partial charge on any atom is 0.151 e. The normalized spacial score (nSPS) is 29.0. The molecule has 4 heterocycles. The van der Waals surface area contributed by atoms with E-state index in [-0.39, 0.29) is 0 Å². The first kappa shape index (κ1) is 23.4. The van der Waals surface area contributed by atoms with Gasteiger partial charge in [0.05, 0.1) is 24.2 Å². The van der Waals surface area contributed by atoms with Gasteiger partial charge in [-0.2, -0.15) is 10.2 Å². The molecule has 2 aromatic rings. The Morgan fingerprint density at radius 3 is 2.54 bits per heavy atom. The van der Waals surface area contributed by atoms with Gasteiger partial charge in [0.25, 0.3) is 0 Å². The molecule has 2 saturated carbocycles. The van der Waals surface area contributed by atoms with Crippen molar-refractivity contribution in [2.75, 3.05) is 38.2 Å². The molecule has 2 aliphatic heterocycles. The number of rotatable bonds is 7. The average molecular weight is 479 g/mol. The fourth-order valence-corrected chi connectivity index (χ4v) is 6.63. The SMILES string of the molecule is CCc1cc(C2CC2)n(-c2cnnc(NC3CCC(C)(CN4CCC5(CCOC5)CC4)CC3)c2)n1. The molecule has 4 fully saturated rings. The monoisotopic (exact) mass is 478 g/mol. The summed E-state index contributed by atoms with van der Waals surface area (Å²) in [5.41, 5.74) is 4.44. The molecule has 2 aromatic heterocycles. The number of nitrogens with zero attached hydrogens (tertiary/aromatic N) is 5. The molecule has 7 nitrogen and oxygen atoms in total. The van der Waals surface area contributed by atoms with Gasteiger partial charge in [-0.15, -0.1) is 5.10 Å². The lowest BCUT2D eigenvalue weighted by Gasteiger charge is -2.45. The van der Waals surface area contributed by atoms with Gasteiger partial charge in [0, 0.05) is 36.9 Å². The third-order valence-corrected chi connectivity index (χ3v) is 9.28. The van der Waals surface area contributed by atoms with E-state index in [4.69, 9.17) is 9.84 Å². The maximum atomic E-state index is 5.72. The minimum atomic E-state index is 0.424. The fourth-order valence-electron chi connectivity index (χ4n) is 6.63. The first-order valence-corrected chi connectivity index (χ1v) is 14.0. The first-order chi connectivity index (χ1) is 17.0. The standard InChI is InChI=1S/C28H42N6O/c1-3-22-16-25(21-4-5-21)34(32-22)24-17-26(31-29-18-24)30-23-6-8-27(2,9-7-23)19-33-13-10-28(11-14-33)12-15-35-20-28/h16-18,21,23H,3-15,19-20H2,1-2H3,(H,30,31). The highest BCUT2D eigenvalue weighted by Gasteiger charge is 2.40. The van der Waals surface area contributed by atoms with Crippen LogP contribution in [0.2, 0.25) is 0 Å². The van der Waals surface area contributed by atoms with Crippen molar-refractivity contribution in [3.63, 3.8) is 0 Å². The third-order valence-electron chi connectivity index (χ3n) is 9.28. The van der Waals surface area contributed by atoms with Crippen LogP contribution < -0.4 is 5.32 Å². The molecule has 1 spiro atoms. The van der Waals surface area contributed by atoms with Crippen LogP contribution in [0.15, 0.2) is 18.3 Å². The van der Waals surface area contributed by atoms with Crippen molar-refractivity contribution < 1.29 is 4.74 Å². The second-order valence-corrected chi connectivity index (χ2v) is 12.2. The lowest BCUT2D eigenvalue weighted by atomic mass is 9.72. The van der Waals surface area contributed by atoms with E-state index < -0.39 is 0 Å². The number of ether oxygens (including phenoxy) is 1. The zero-order valence-corrected chi connectivity index (χ0v) is 21.6. The van der Waals surface area contributed by atoms with Crippen molar-refractivity contribution in [1.82, 2.24) is 24.9 Å². The molecule has 2 saturated heterocycles. The molecule has 0 bridgehead atoms. The summed E-state index contributed by atoms with van der Waals surface area (Å²) in [6.45, 7) is 10.4. The molecule has 1 N–H and O–H groups in total. The Hall–Kier alpha value is -1.99. The Labute approximate surface area is 210 Å². The number of aromatic nitrogens is 4. The summed E-state index contributed by atoms with van der Waals surface area (Å²) in [5, 5.41) is 17.3. The van der Waals surface area contributed by atoms with Gasteiger partial charge in [0.1, 0.15) is 0 Å². The summed E-state index contributed by atoms with van der Waals surface area (Å²) in [7, 11) is 0.